The molecule has 3 rings (SSSR count). The first-order valence-electron chi connectivity index (χ1n) is 7.26. The molecule has 3 unspecified atom stereocenters. The summed E-state index contributed by atoms with van der Waals surface area (Å²) in [4.78, 5) is 14.1. The van der Waals surface area contributed by atoms with Gasteiger partial charge in [-0.1, -0.05) is 34.8 Å². The van der Waals surface area contributed by atoms with Crippen LogP contribution in [0, 0.1) is 11.8 Å². The fourth-order valence-corrected chi connectivity index (χ4v) is 3.95. The van der Waals surface area contributed by atoms with Gasteiger partial charge in [0.05, 0.1) is 15.1 Å². The smallest absolute Gasteiger partial charge is 0.260 e. The molecule has 1 aliphatic heterocycles. The maximum atomic E-state index is 12.3. The van der Waals surface area contributed by atoms with Crippen LogP contribution in [0.2, 0.25) is 15.1 Å². The van der Waals surface area contributed by atoms with Crippen molar-refractivity contribution in [1.29, 1.82) is 0 Å². The highest BCUT2D eigenvalue weighted by molar-refractivity contribution is 6.43. The average Bonchev–Trinajstić information content (AvgIpc) is 3.04. The summed E-state index contributed by atoms with van der Waals surface area (Å²) >= 11 is 17.8. The Morgan fingerprint density at radius 2 is 1.91 bits per heavy atom. The van der Waals surface area contributed by atoms with Crippen LogP contribution in [0.1, 0.15) is 12.8 Å². The minimum absolute atomic E-state index is 0.0521. The molecule has 1 aliphatic carbocycles. The second-order valence-electron chi connectivity index (χ2n) is 5.95. The van der Waals surface area contributed by atoms with E-state index in [1.807, 2.05) is 4.90 Å². The number of hydrogen-bond acceptors (Lipinski definition) is 3. The van der Waals surface area contributed by atoms with Gasteiger partial charge in [0.25, 0.3) is 5.91 Å². The van der Waals surface area contributed by atoms with Gasteiger partial charge in [-0.05, 0) is 30.7 Å². The third kappa shape index (κ3) is 3.16. The van der Waals surface area contributed by atoms with Crippen molar-refractivity contribution in [2.45, 2.75) is 18.9 Å². The predicted octanol–water partition coefficient (Wildman–Crippen LogP) is 3.22. The van der Waals surface area contributed by atoms with Gasteiger partial charge in [0.15, 0.2) is 6.61 Å². The van der Waals surface area contributed by atoms with Gasteiger partial charge >= 0.3 is 0 Å². The zero-order valence-electron chi connectivity index (χ0n) is 11.9. The molecule has 3 atom stereocenters. The number of carbonyl (C=O) groups is 1. The lowest BCUT2D eigenvalue weighted by molar-refractivity contribution is -0.132. The molecule has 0 radical (unpaired) electrons. The van der Waals surface area contributed by atoms with Crippen molar-refractivity contribution in [3.8, 4) is 5.75 Å². The van der Waals surface area contributed by atoms with Gasteiger partial charge in [0, 0.05) is 25.2 Å². The van der Waals surface area contributed by atoms with Crippen LogP contribution in [0.15, 0.2) is 12.1 Å². The van der Waals surface area contributed by atoms with E-state index in [4.69, 9.17) is 45.3 Å². The molecule has 1 saturated heterocycles. The summed E-state index contributed by atoms with van der Waals surface area (Å²) in [7, 11) is 0. The lowest BCUT2D eigenvalue weighted by Crippen LogP contribution is -2.36. The zero-order valence-corrected chi connectivity index (χ0v) is 14.2. The molecule has 1 saturated carbocycles. The van der Waals surface area contributed by atoms with Gasteiger partial charge in [0.1, 0.15) is 5.75 Å². The Morgan fingerprint density at radius 3 is 2.64 bits per heavy atom. The van der Waals surface area contributed by atoms with Crippen LogP contribution < -0.4 is 10.5 Å². The van der Waals surface area contributed by atoms with E-state index >= 15 is 0 Å². The van der Waals surface area contributed by atoms with Crippen LogP contribution in [-0.2, 0) is 4.79 Å². The molecule has 4 nitrogen and oxygen atoms in total. The number of nitrogens with two attached hydrogens (primary N) is 1. The maximum absolute atomic E-state index is 12.3. The van der Waals surface area contributed by atoms with Crippen molar-refractivity contribution in [2.75, 3.05) is 19.7 Å². The second kappa shape index (κ2) is 6.44. The molecule has 0 bridgehead atoms. The molecule has 1 heterocycles. The largest absolute Gasteiger partial charge is 0.482 e. The standard InChI is InChI=1S/C15H17Cl3N2O2/c16-10-3-12(18)14(4-11(10)17)22-7-15(21)20-5-8-1-2-13(19)9(8)6-20/h3-4,8-9,13H,1-2,5-7,19H2. The molecule has 120 valence electrons. The van der Waals surface area contributed by atoms with E-state index in [9.17, 15) is 4.79 Å². The van der Waals surface area contributed by atoms with Crippen molar-refractivity contribution in [1.82, 2.24) is 4.90 Å². The van der Waals surface area contributed by atoms with E-state index in [-0.39, 0.29) is 18.6 Å². The normalized spacial score (nSPS) is 27.1. The van der Waals surface area contributed by atoms with Gasteiger partial charge in [-0.25, -0.2) is 0 Å². The lowest BCUT2D eigenvalue weighted by atomic mass is 9.98. The van der Waals surface area contributed by atoms with Crippen molar-refractivity contribution >= 4 is 40.7 Å². The summed E-state index contributed by atoms with van der Waals surface area (Å²) in [6.07, 6.45) is 2.17. The van der Waals surface area contributed by atoms with Crippen LogP contribution >= 0.6 is 34.8 Å². The number of halogens is 3. The molecule has 1 aromatic rings. The van der Waals surface area contributed by atoms with Crippen molar-refractivity contribution in [3.63, 3.8) is 0 Å². The molecule has 2 N–H and O–H groups in total. The number of amides is 1. The number of rotatable bonds is 3. The highest BCUT2D eigenvalue weighted by Gasteiger charge is 2.42. The Kier molecular flexibility index (Phi) is 4.74. The fourth-order valence-electron chi connectivity index (χ4n) is 3.36. The summed E-state index contributed by atoms with van der Waals surface area (Å²) in [5, 5.41) is 1.03. The molecule has 0 aromatic heterocycles. The first kappa shape index (κ1) is 16.2. The number of fused-ring (bicyclic) bond motifs is 1. The van der Waals surface area contributed by atoms with Gasteiger partial charge in [0.2, 0.25) is 0 Å². The molecule has 2 aliphatic rings. The second-order valence-corrected chi connectivity index (χ2v) is 7.17. The summed E-state index contributed by atoms with van der Waals surface area (Å²) in [6, 6.07) is 3.24. The number of benzene rings is 1. The summed E-state index contributed by atoms with van der Waals surface area (Å²) in [6.45, 7) is 1.44. The minimum atomic E-state index is -0.0631. The predicted molar refractivity (Wildman–Crippen MR) is 87.7 cm³/mol. The van der Waals surface area contributed by atoms with E-state index in [0.717, 1.165) is 25.9 Å². The van der Waals surface area contributed by atoms with Gasteiger partial charge < -0.3 is 15.4 Å². The van der Waals surface area contributed by atoms with Crippen molar-refractivity contribution in [2.24, 2.45) is 17.6 Å². The van der Waals surface area contributed by atoms with E-state index in [2.05, 4.69) is 0 Å². The molecule has 1 aromatic carbocycles. The first-order chi connectivity index (χ1) is 10.5. The van der Waals surface area contributed by atoms with Crippen LogP contribution in [0.3, 0.4) is 0 Å². The molecular formula is C15H17Cl3N2O2. The third-order valence-corrected chi connectivity index (χ3v) is 5.61. The van der Waals surface area contributed by atoms with E-state index in [0.29, 0.717) is 32.7 Å². The highest BCUT2D eigenvalue weighted by Crippen LogP contribution is 2.37. The van der Waals surface area contributed by atoms with E-state index < -0.39 is 0 Å². The molecule has 2 fully saturated rings. The van der Waals surface area contributed by atoms with E-state index in [1.54, 1.807) is 0 Å². The van der Waals surface area contributed by atoms with Crippen molar-refractivity contribution in [3.05, 3.63) is 27.2 Å². The quantitative estimate of drug-likeness (QED) is 0.839. The van der Waals surface area contributed by atoms with Crippen molar-refractivity contribution < 1.29 is 9.53 Å². The number of likely N-dealkylation sites (tertiary alicyclic amines) is 1. The first-order valence-corrected chi connectivity index (χ1v) is 8.40. The Hall–Kier alpha value is -0.680. The SMILES string of the molecule is NC1CCC2CN(C(=O)COc3cc(Cl)c(Cl)cc3Cl)CC12. The number of nitrogens with zero attached hydrogens (tertiary/aromatic N) is 1. The maximum Gasteiger partial charge on any atom is 0.260 e. The third-order valence-electron chi connectivity index (χ3n) is 4.59. The molecular weight excluding hydrogens is 347 g/mol. The highest BCUT2D eigenvalue weighted by atomic mass is 35.5. The van der Waals surface area contributed by atoms with E-state index in [1.165, 1.54) is 12.1 Å². The van der Waals surface area contributed by atoms with Gasteiger partial charge in [-0.15, -0.1) is 0 Å². The molecule has 22 heavy (non-hydrogen) atoms. The van der Waals surface area contributed by atoms with Crippen LogP contribution in [0.5, 0.6) is 5.75 Å². The topological polar surface area (TPSA) is 55.6 Å². The lowest BCUT2D eigenvalue weighted by Gasteiger charge is -2.19. The fraction of sp³-hybridized carbons (Fsp3) is 0.533. The van der Waals surface area contributed by atoms with Gasteiger partial charge in [-0.2, -0.15) is 0 Å². The molecule has 1 amide bonds. The Labute approximate surface area is 144 Å². The van der Waals surface area contributed by atoms with Crippen LogP contribution in [0.4, 0.5) is 0 Å². The Morgan fingerprint density at radius 1 is 1.18 bits per heavy atom. The monoisotopic (exact) mass is 362 g/mol. The van der Waals surface area contributed by atoms with Crippen LogP contribution in [-0.4, -0.2) is 36.5 Å². The summed E-state index contributed by atoms with van der Waals surface area (Å²) < 4.78 is 5.50. The van der Waals surface area contributed by atoms with Gasteiger partial charge in [-0.3, -0.25) is 4.79 Å². The number of carbonyl (C=O) groups excluding carboxylic acids is 1. The Bertz CT molecular complexity index is 596. The Balaban J connectivity index is 1.58. The summed E-state index contributed by atoms with van der Waals surface area (Å²) in [5.74, 6) is 1.27. The molecule has 7 heteroatoms. The minimum Gasteiger partial charge on any atom is -0.482 e. The number of ether oxygens (including phenoxy) is 1. The average molecular weight is 364 g/mol. The van der Waals surface area contributed by atoms with Crippen LogP contribution in [0.25, 0.3) is 0 Å². The zero-order chi connectivity index (χ0) is 15.9. The number of hydrogen-bond donors (Lipinski definition) is 1. The molecule has 0 spiro atoms. The summed E-state index contributed by atoms with van der Waals surface area (Å²) in [5.41, 5.74) is 6.08.